The summed E-state index contributed by atoms with van der Waals surface area (Å²) in [5, 5.41) is 0. The minimum absolute atomic E-state index is 0.296. The normalized spacial score (nSPS) is 10.1. The maximum Gasteiger partial charge on any atom is 0.137 e. The molecule has 0 saturated carbocycles. The number of ether oxygens (including phenoxy) is 1. The molecule has 0 bridgehead atoms. The lowest BCUT2D eigenvalue weighted by Crippen LogP contribution is -2.11. The van der Waals surface area contributed by atoms with Gasteiger partial charge in [0.25, 0.3) is 0 Å². The molecule has 0 aromatic carbocycles. The van der Waals surface area contributed by atoms with Gasteiger partial charge < -0.3 is 10.5 Å². The first-order valence-corrected chi connectivity index (χ1v) is 6.44. The Balaban J connectivity index is 1.75. The molecule has 0 saturated heterocycles. The SMILES string of the molecule is NC(=S)c1ccc(OCCCc2ccncc2)cn1. The zero-order valence-electron chi connectivity index (χ0n) is 10.5. The fourth-order valence-corrected chi connectivity index (χ4v) is 1.75. The Hall–Kier alpha value is -2.01. The molecule has 5 heteroatoms. The summed E-state index contributed by atoms with van der Waals surface area (Å²) in [7, 11) is 0. The van der Waals surface area contributed by atoms with Crippen LogP contribution in [0.4, 0.5) is 0 Å². The molecule has 2 N–H and O–H groups in total. The number of nitrogens with zero attached hydrogens (tertiary/aromatic N) is 2. The fraction of sp³-hybridized carbons (Fsp3) is 0.214. The molecule has 2 aromatic rings. The molecule has 98 valence electrons. The van der Waals surface area contributed by atoms with Crippen molar-refractivity contribution in [3.05, 3.63) is 54.1 Å². The maximum absolute atomic E-state index is 5.60. The Kier molecular flexibility index (Phi) is 4.80. The first-order chi connectivity index (χ1) is 9.25. The highest BCUT2D eigenvalue weighted by Gasteiger charge is 1.99. The highest BCUT2D eigenvalue weighted by atomic mass is 32.1. The second-order valence-corrected chi connectivity index (χ2v) is 4.49. The molecule has 0 aliphatic heterocycles. The molecule has 0 amide bonds. The number of aryl methyl sites for hydroxylation is 1. The van der Waals surface area contributed by atoms with E-state index in [1.165, 1.54) is 5.56 Å². The number of hydrogen-bond donors (Lipinski definition) is 1. The van der Waals surface area contributed by atoms with E-state index in [9.17, 15) is 0 Å². The van der Waals surface area contributed by atoms with Crippen LogP contribution < -0.4 is 10.5 Å². The van der Waals surface area contributed by atoms with Crippen LogP contribution in [0.5, 0.6) is 5.75 Å². The largest absolute Gasteiger partial charge is 0.492 e. The summed E-state index contributed by atoms with van der Waals surface area (Å²) in [6, 6.07) is 7.62. The lowest BCUT2D eigenvalue weighted by Gasteiger charge is -2.06. The lowest BCUT2D eigenvalue weighted by molar-refractivity contribution is 0.310. The molecule has 0 spiro atoms. The maximum atomic E-state index is 5.60. The Bertz CT molecular complexity index is 528. The van der Waals surface area contributed by atoms with Crippen LogP contribution in [0.2, 0.25) is 0 Å². The van der Waals surface area contributed by atoms with Crippen molar-refractivity contribution >= 4 is 17.2 Å². The van der Waals surface area contributed by atoms with Crippen molar-refractivity contribution in [3.63, 3.8) is 0 Å². The Labute approximate surface area is 117 Å². The molecular formula is C14H15N3OS. The van der Waals surface area contributed by atoms with Crippen molar-refractivity contribution in [2.24, 2.45) is 5.73 Å². The minimum atomic E-state index is 0.296. The van der Waals surface area contributed by atoms with Crippen molar-refractivity contribution in [2.45, 2.75) is 12.8 Å². The summed E-state index contributed by atoms with van der Waals surface area (Å²) in [5.41, 5.74) is 7.35. The minimum Gasteiger partial charge on any atom is -0.492 e. The van der Waals surface area contributed by atoms with Crippen molar-refractivity contribution in [2.75, 3.05) is 6.61 Å². The van der Waals surface area contributed by atoms with Crippen LogP contribution in [0.25, 0.3) is 0 Å². The van der Waals surface area contributed by atoms with E-state index < -0.39 is 0 Å². The molecule has 2 rings (SSSR count). The number of rotatable bonds is 6. The average Bonchev–Trinajstić information content (AvgIpc) is 2.45. The Morgan fingerprint density at radius 1 is 1.21 bits per heavy atom. The van der Waals surface area contributed by atoms with Gasteiger partial charge >= 0.3 is 0 Å². The summed E-state index contributed by atoms with van der Waals surface area (Å²) in [4.78, 5) is 8.39. The predicted octanol–water partition coefficient (Wildman–Crippen LogP) is 2.12. The summed E-state index contributed by atoms with van der Waals surface area (Å²) >= 11 is 4.84. The Morgan fingerprint density at radius 3 is 2.63 bits per heavy atom. The third kappa shape index (κ3) is 4.30. The molecule has 4 nitrogen and oxygen atoms in total. The highest BCUT2D eigenvalue weighted by molar-refractivity contribution is 7.80. The van der Waals surface area contributed by atoms with Gasteiger partial charge in [-0.3, -0.25) is 4.98 Å². The third-order valence-corrected chi connectivity index (χ3v) is 2.83. The molecular weight excluding hydrogens is 258 g/mol. The molecule has 0 aliphatic rings. The van der Waals surface area contributed by atoms with Gasteiger partial charge in [0.1, 0.15) is 10.7 Å². The van der Waals surface area contributed by atoms with E-state index in [-0.39, 0.29) is 0 Å². The van der Waals surface area contributed by atoms with E-state index in [0.29, 0.717) is 17.3 Å². The average molecular weight is 273 g/mol. The quantitative estimate of drug-likeness (QED) is 0.645. The lowest BCUT2D eigenvalue weighted by atomic mass is 10.1. The second kappa shape index (κ2) is 6.80. The number of thiocarbonyl (C=S) groups is 1. The van der Waals surface area contributed by atoms with Crippen LogP contribution in [-0.2, 0) is 6.42 Å². The van der Waals surface area contributed by atoms with Crippen LogP contribution in [0.15, 0.2) is 42.9 Å². The topological polar surface area (TPSA) is 61.0 Å². The Morgan fingerprint density at radius 2 is 2.00 bits per heavy atom. The monoisotopic (exact) mass is 273 g/mol. The zero-order chi connectivity index (χ0) is 13.5. The van der Waals surface area contributed by atoms with Gasteiger partial charge in [0.2, 0.25) is 0 Å². The molecule has 0 aliphatic carbocycles. The first-order valence-electron chi connectivity index (χ1n) is 6.03. The van der Waals surface area contributed by atoms with Gasteiger partial charge in [-0.15, -0.1) is 0 Å². The van der Waals surface area contributed by atoms with Gasteiger partial charge in [-0.2, -0.15) is 0 Å². The first kappa shape index (κ1) is 13.4. The van der Waals surface area contributed by atoms with Gasteiger partial charge in [0.05, 0.1) is 18.5 Å². The summed E-state index contributed by atoms with van der Waals surface area (Å²) in [5.74, 6) is 0.731. The fourth-order valence-electron chi connectivity index (χ4n) is 1.63. The number of nitrogens with two attached hydrogens (primary N) is 1. The number of hydrogen-bond acceptors (Lipinski definition) is 4. The standard InChI is InChI=1S/C14H15N3OS/c15-14(19)13-4-3-12(10-17-13)18-9-1-2-11-5-7-16-8-6-11/h3-8,10H,1-2,9H2,(H2,15,19). The molecule has 19 heavy (non-hydrogen) atoms. The van der Waals surface area contributed by atoms with E-state index in [4.69, 9.17) is 22.7 Å². The van der Waals surface area contributed by atoms with E-state index in [1.54, 1.807) is 24.7 Å². The highest BCUT2D eigenvalue weighted by Crippen LogP contribution is 2.10. The summed E-state index contributed by atoms with van der Waals surface area (Å²) in [6.07, 6.45) is 7.16. The molecule has 0 radical (unpaired) electrons. The predicted molar refractivity (Wildman–Crippen MR) is 78.2 cm³/mol. The van der Waals surface area contributed by atoms with E-state index in [1.807, 2.05) is 18.2 Å². The summed E-state index contributed by atoms with van der Waals surface area (Å²) < 4.78 is 5.60. The summed E-state index contributed by atoms with van der Waals surface area (Å²) in [6.45, 7) is 0.649. The molecule has 2 heterocycles. The van der Waals surface area contributed by atoms with Gasteiger partial charge in [0.15, 0.2) is 0 Å². The number of aromatic nitrogens is 2. The van der Waals surface area contributed by atoms with Gasteiger partial charge in [-0.05, 0) is 42.7 Å². The van der Waals surface area contributed by atoms with Crippen molar-refractivity contribution in [1.82, 2.24) is 9.97 Å². The van der Waals surface area contributed by atoms with Crippen LogP contribution >= 0.6 is 12.2 Å². The molecule has 0 unspecified atom stereocenters. The number of pyridine rings is 2. The van der Waals surface area contributed by atoms with Crippen LogP contribution in [0, 0.1) is 0 Å². The molecule has 0 fully saturated rings. The van der Waals surface area contributed by atoms with Gasteiger partial charge in [-0.25, -0.2) is 4.98 Å². The van der Waals surface area contributed by atoms with E-state index in [2.05, 4.69) is 9.97 Å². The van der Waals surface area contributed by atoms with Crippen LogP contribution in [0.1, 0.15) is 17.7 Å². The smallest absolute Gasteiger partial charge is 0.137 e. The molecule has 0 atom stereocenters. The van der Waals surface area contributed by atoms with Gasteiger partial charge in [-0.1, -0.05) is 12.2 Å². The van der Waals surface area contributed by atoms with Crippen molar-refractivity contribution in [3.8, 4) is 5.75 Å². The van der Waals surface area contributed by atoms with E-state index in [0.717, 1.165) is 18.6 Å². The van der Waals surface area contributed by atoms with Crippen molar-refractivity contribution < 1.29 is 4.74 Å². The second-order valence-electron chi connectivity index (χ2n) is 4.05. The third-order valence-electron chi connectivity index (χ3n) is 2.62. The molecule has 2 aromatic heterocycles. The van der Waals surface area contributed by atoms with Crippen LogP contribution in [0.3, 0.4) is 0 Å². The van der Waals surface area contributed by atoms with Crippen molar-refractivity contribution in [1.29, 1.82) is 0 Å². The van der Waals surface area contributed by atoms with Crippen LogP contribution in [-0.4, -0.2) is 21.6 Å². The zero-order valence-corrected chi connectivity index (χ0v) is 11.3. The van der Waals surface area contributed by atoms with Gasteiger partial charge in [0, 0.05) is 12.4 Å². The van der Waals surface area contributed by atoms with E-state index >= 15 is 0 Å².